The van der Waals surface area contributed by atoms with E-state index in [4.69, 9.17) is 11.6 Å². The van der Waals surface area contributed by atoms with Crippen molar-refractivity contribution in [1.82, 2.24) is 15.0 Å². The molecule has 120 valence electrons. The number of alkyl halides is 3. The number of nitrogens with zero attached hydrogens (tertiary/aromatic N) is 2. The van der Waals surface area contributed by atoms with Crippen molar-refractivity contribution in [2.45, 2.75) is 25.4 Å². The Kier molecular flexibility index (Phi) is 4.26. The van der Waals surface area contributed by atoms with Crippen LogP contribution in [-0.4, -0.2) is 15.0 Å². The molecule has 0 saturated carbocycles. The molecule has 7 heteroatoms. The minimum Gasteiger partial charge on any atom is -0.342 e. The minimum atomic E-state index is -4.48. The molecular formula is C16H13ClF3N3. The summed E-state index contributed by atoms with van der Waals surface area (Å²) in [6, 6.07) is 6.12. The van der Waals surface area contributed by atoms with Gasteiger partial charge in [-0.2, -0.15) is 13.2 Å². The molecule has 2 aromatic heterocycles. The highest BCUT2D eigenvalue weighted by Gasteiger charge is 2.33. The monoisotopic (exact) mass is 339 g/mol. The van der Waals surface area contributed by atoms with Crippen molar-refractivity contribution in [2.75, 3.05) is 0 Å². The molecule has 3 rings (SSSR count). The van der Waals surface area contributed by atoms with Crippen LogP contribution in [0.1, 0.15) is 23.4 Å². The topological polar surface area (TPSA) is 41.6 Å². The predicted molar refractivity (Wildman–Crippen MR) is 82.4 cm³/mol. The molecule has 0 fully saturated rings. The Morgan fingerprint density at radius 2 is 2.00 bits per heavy atom. The van der Waals surface area contributed by atoms with Crippen LogP contribution in [0.25, 0.3) is 11.0 Å². The van der Waals surface area contributed by atoms with E-state index in [-0.39, 0.29) is 5.02 Å². The van der Waals surface area contributed by atoms with Crippen LogP contribution < -0.4 is 0 Å². The van der Waals surface area contributed by atoms with Crippen LogP contribution in [0, 0.1) is 0 Å². The SMILES string of the molecule is FC(F)(F)c1cc2[nH]c(CCCc3cccnc3)nc2cc1Cl. The maximum Gasteiger partial charge on any atom is 0.417 e. The second-order valence-corrected chi connectivity index (χ2v) is 5.65. The molecule has 3 aromatic rings. The highest BCUT2D eigenvalue weighted by Crippen LogP contribution is 2.36. The number of H-pyrrole nitrogens is 1. The van der Waals surface area contributed by atoms with Gasteiger partial charge in [0.2, 0.25) is 0 Å². The summed E-state index contributed by atoms with van der Waals surface area (Å²) in [5.41, 5.74) is 1.06. The molecule has 23 heavy (non-hydrogen) atoms. The summed E-state index contributed by atoms with van der Waals surface area (Å²) >= 11 is 5.70. The molecule has 1 N–H and O–H groups in total. The van der Waals surface area contributed by atoms with Gasteiger partial charge < -0.3 is 4.98 Å². The molecule has 1 aromatic carbocycles. The first-order valence-electron chi connectivity index (χ1n) is 7.08. The second-order valence-electron chi connectivity index (χ2n) is 5.25. The molecule has 0 radical (unpaired) electrons. The second kappa shape index (κ2) is 6.20. The molecule has 3 nitrogen and oxygen atoms in total. The Balaban J connectivity index is 1.75. The van der Waals surface area contributed by atoms with E-state index >= 15 is 0 Å². The van der Waals surface area contributed by atoms with Crippen LogP contribution in [0.15, 0.2) is 36.7 Å². The van der Waals surface area contributed by atoms with Gasteiger partial charge in [0.25, 0.3) is 0 Å². The summed E-state index contributed by atoms with van der Waals surface area (Å²) in [5, 5.41) is -0.335. The fraction of sp³-hybridized carbons (Fsp3) is 0.250. The lowest BCUT2D eigenvalue weighted by Gasteiger charge is -2.07. The molecular weight excluding hydrogens is 327 g/mol. The van der Waals surface area contributed by atoms with Crippen molar-refractivity contribution in [2.24, 2.45) is 0 Å². The number of aryl methyl sites for hydroxylation is 2. The Labute approximate surface area is 135 Å². The molecule has 0 amide bonds. The van der Waals surface area contributed by atoms with Gasteiger partial charge in [-0.15, -0.1) is 0 Å². The number of pyridine rings is 1. The van der Waals surface area contributed by atoms with Crippen LogP contribution in [0.3, 0.4) is 0 Å². The van der Waals surface area contributed by atoms with E-state index in [1.165, 1.54) is 6.07 Å². The molecule has 0 aliphatic heterocycles. The molecule has 0 atom stereocenters. The smallest absolute Gasteiger partial charge is 0.342 e. The number of rotatable bonds is 4. The van der Waals surface area contributed by atoms with E-state index in [0.717, 1.165) is 24.5 Å². The van der Waals surface area contributed by atoms with Crippen LogP contribution >= 0.6 is 11.6 Å². The molecule has 0 unspecified atom stereocenters. The first kappa shape index (κ1) is 15.8. The van der Waals surface area contributed by atoms with Gasteiger partial charge in [0, 0.05) is 18.8 Å². The van der Waals surface area contributed by atoms with Gasteiger partial charge in [-0.1, -0.05) is 17.7 Å². The number of aromatic nitrogens is 3. The summed E-state index contributed by atoms with van der Waals surface area (Å²) in [5.74, 6) is 0.652. The van der Waals surface area contributed by atoms with Crippen molar-refractivity contribution in [3.05, 3.63) is 58.6 Å². The highest BCUT2D eigenvalue weighted by molar-refractivity contribution is 6.32. The molecule has 0 spiro atoms. The zero-order valence-corrected chi connectivity index (χ0v) is 12.7. The number of nitrogens with one attached hydrogen (secondary N) is 1. The number of benzene rings is 1. The van der Waals surface area contributed by atoms with E-state index in [1.54, 1.807) is 12.4 Å². The first-order valence-corrected chi connectivity index (χ1v) is 7.45. The Hall–Kier alpha value is -2.08. The standard InChI is InChI=1S/C16H13ClF3N3/c17-12-8-14-13(7-11(12)16(18,19)20)22-15(23-14)5-1-3-10-4-2-6-21-9-10/h2,4,6-9H,1,3,5H2,(H,22,23). The van der Waals surface area contributed by atoms with Crippen LogP contribution in [-0.2, 0) is 19.0 Å². The van der Waals surface area contributed by atoms with E-state index in [9.17, 15) is 13.2 Å². The lowest BCUT2D eigenvalue weighted by molar-refractivity contribution is -0.137. The van der Waals surface area contributed by atoms with Crippen molar-refractivity contribution >= 4 is 22.6 Å². The maximum atomic E-state index is 12.8. The van der Waals surface area contributed by atoms with Crippen molar-refractivity contribution in [1.29, 1.82) is 0 Å². The Morgan fingerprint density at radius 1 is 1.17 bits per heavy atom. The van der Waals surface area contributed by atoms with Crippen LogP contribution in [0.5, 0.6) is 0 Å². The molecule has 0 aliphatic rings. The maximum absolute atomic E-state index is 12.8. The lowest BCUT2D eigenvalue weighted by atomic mass is 10.1. The van der Waals surface area contributed by atoms with Gasteiger partial charge in [-0.05, 0) is 36.6 Å². The summed E-state index contributed by atoms with van der Waals surface area (Å²) < 4.78 is 38.5. The number of fused-ring (bicyclic) bond motifs is 1. The molecule has 0 aliphatic carbocycles. The van der Waals surface area contributed by atoms with Gasteiger partial charge in [0.15, 0.2) is 0 Å². The van der Waals surface area contributed by atoms with Gasteiger partial charge >= 0.3 is 6.18 Å². The lowest BCUT2D eigenvalue weighted by Crippen LogP contribution is -2.05. The van der Waals surface area contributed by atoms with Gasteiger partial charge in [-0.3, -0.25) is 4.98 Å². The number of halogens is 4. The zero-order valence-electron chi connectivity index (χ0n) is 12.0. The normalized spacial score (nSPS) is 12.0. The number of aromatic amines is 1. The third-order valence-corrected chi connectivity index (χ3v) is 3.84. The molecule has 0 saturated heterocycles. The van der Waals surface area contributed by atoms with E-state index in [0.29, 0.717) is 23.3 Å². The summed E-state index contributed by atoms with van der Waals surface area (Å²) in [4.78, 5) is 11.3. The van der Waals surface area contributed by atoms with Crippen LogP contribution in [0.2, 0.25) is 5.02 Å². The number of hydrogen-bond acceptors (Lipinski definition) is 2. The highest BCUT2D eigenvalue weighted by atomic mass is 35.5. The predicted octanol–water partition coefficient (Wildman–Crippen LogP) is 4.81. The average Bonchev–Trinajstić information content (AvgIpc) is 2.88. The van der Waals surface area contributed by atoms with E-state index in [1.807, 2.05) is 12.1 Å². The largest absolute Gasteiger partial charge is 0.417 e. The fourth-order valence-corrected chi connectivity index (χ4v) is 2.69. The summed E-state index contributed by atoms with van der Waals surface area (Å²) in [6.07, 6.45) is 1.34. The third kappa shape index (κ3) is 3.64. The van der Waals surface area contributed by atoms with E-state index < -0.39 is 11.7 Å². The van der Waals surface area contributed by atoms with Gasteiger partial charge in [0.05, 0.1) is 21.6 Å². The quantitative estimate of drug-likeness (QED) is 0.741. The number of imidazole rings is 1. The first-order chi connectivity index (χ1) is 10.9. The minimum absolute atomic E-state index is 0.335. The fourth-order valence-electron chi connectivity index (χ4n) is 2.43. The summed E-state index contributed by atoms with van der Waals surface area (Å²) in [6.45, 7) is 0. The average molecular weight is 340 g/mol. The van der Waals surface area contributed by atoms with E-state index in [2.05, 4.69) is 15.0 Å². The summed E-state index contributed by atoms with van der Waals surface area (Å²) in [7, 11) is 0. The van der Waals surface area contributed by atoms with Crippen molar-refractivity contribution < 1.29 is 13.2 Å². The van der Waals surface area contributed by atoms with Gasteiger partial charge in [-0.25, -0.2) is 4.98 Å². The number of hydrogen-bond donors (Lipinski definition) is 1. The van der Waals surface area contributed by atoms with Crippen LogP contribution in [0.4, 0.5) is 13.2 Å². The Bertz CT molecular complexity index is 813. The van der Waals surface area contributed by atoms with Gasteiger partial charge in [0.1, 0.15) is 5.82 Å². The Morgan fingerprint density at radius 3 is 2.70 bits per heavy atom. The zero-order chi connectivity index (χ0) is 16.4. The molecule has 2 heterocycles. The molecule has 0 bridgehead atoms. The third-order valence-electron chi connectivity index (χ3n) is 3.53. The van der Waals surface area contributed by atoms with Crippen molar-refractivity contribution in [3.63, 3.8) is 0 Å². The van der Waals surface area contributed by atoms with Crippen molar-refractivity contribution in [3.8, 4) is 0 Å².